The molecule has 0 spiro atoms. The van der Waals surface area contributed by atoms with Gasteiger partial charge in [0, 0.05) is 31.9 Å². The van der Waals surface area contributed by atoms with Gasteiger partial charge in [-0.3, -0.25) is 9.69 Å². The van der Waals surface area contributed by atoms with Gasteiger partial charge in [-0.2, -0.15) is 0 Å². The molecule has 0 unspecified atom stereocenters. The maximum absolute atomic E-state index is 12.7. The first-order chi connectivity index (χ1) is 9.93. The first-order valence-corrected chi connectivity index (χ1v) is 7.79. The molecule has 0 radical (unpaired) electrons. The van der Waals surface area contributed by atoms with Crippen LogP contribution in [0.2, 0.25) is 0 Å². The molecule has 1 aromatic carbocycles. The Kier molecular flexibility index (Phi) is 5.01. The SMILES string of the molecule is CC(C)c1ccccc1NC(=O)C(C)(C)N1CCNCC1. The van der Waals surface area contributed by atoms with Crippen molar-refractivity contribution in [2.45, 2.75) is 39.2 Å². The van der Waals surface area contributed by atoms with Crippen molar-refractivity contribution in [3.63, 3.8) is 0 Å². The van der Waals surface area contributed by atoms with Gasteiger partial charge in [-0.1, -0.05) is 32.0 Å². The number of para-hydroxylation sites is 1. The molecule has 0 aliphatic carbocycles. The Balaban J connectivity index is 2.13. The van der Waals surface area contributed by atoms with E-state index in [1.54, 1.807) is 0 Å². The fourth-order valence-electron chi connectivity index (χ4n) is 2.76. The highest BCUT2D eigenvalue weighted by Crippen LogP contribution is 2.25. The Morgan fingerprint density at radius 1 is 1.24 bits per heavy atom. The highest BCUT2D eigenvalue weighted by atomic mass is 16.2. The zero-order chi connectivity index (χ0) is 15.5. The maximum Gasteiger partial charge on any atom is 0.244 e. The lowest BCUT2D eigenvalue weighted by atomic mass is 9.98. The van der Waals surface area contributed by atoms with Crippen LogP contribution in [0.25, 0.3) is 0 Å². The maximum atomic E-state index is 12.7. The normalized spacial score (nSPS) is 17.0. The smallest absolute Gasteiger partial charge is 0.244 e. The molecule has 4 nitrogen and oxygen atoms in total. The molecule has 116 valence electrons. The third-order valence-electron chi connectivity index (χ3n) is 4.29. The summed E-state index contributed by atoms with van der Waals surface area (Å²) < 4.78 is 0. The van der Waals surface area contributed by atoms with Crippen molar-refractivity contribution >= 4 is 11.6 Å². The molecule has 0 saturated carbocycles. The van der Waals surface area contributed by atoms with E-state index in [2.05, 4.69) is 35.4 Å². The van der Waals surface area contributed by atoms with Gasteiger partial charge in [0.05, 0.1) is 5.54 Å². The summed E-state index contributed by atoms with van der Waals surface area (Å²) in [7, 11) is 0. The topological polar surface area (TPSA) is 44.4 Å². The quantitative estimate of drug-likeness (QED) is 0.895. The van der Waals surface area contributed by atoms with E-state index in [0.29, 0.717) is 5.92 Å². The number of hydrogen-bond acceptors (Lipinski definition) is 3. The minimum absolute atomic E-state index is 0.0671. The molecule has 0 aromatic heterocycles. The van der Waals surface area contributed by atoms with Gasteiger partial charge in [-0.25, -0.2) is 0 Å². The van der Waals surface area contributed by atoms with Crippen molar-refractivity contribution in [1.82, 2.24) is 10.2 Å². The van der Waals surface area contributed by atoms with Crippen molar-refractivity contribution in [2.24, 2.45) is 0 Å². The molecule has 0 atom stereocenters. The molecule has 1 amide bonds. The first-order valence-electron chi connectivity index (χ1n) is 7.79. The number of amides is 1. The Morgan fingerprint density at radius 3 is 2.48 bits per heavy atom. The molecule has 21 heavy (non-hydrogen) atoms. The monoisotopic (exact) mass is 289 g/mol. The van der Waals surface area contributed by atoms with E-state index in [4.69, 9.17) is 0 Å². The lowest BCUT2D eigenvalue weighted by Crippen LogP contribution is -2.58. The van der Waals surface area contributed by atoms with Crippen LogP contribution in [0.5, 0.6) is 0 Å². The van der Waals surface area contributed by atoms with E-state index in [1.165, 1.54) is 5.56 Å². The number of nitrogens with zero attached hydrogens (tertiary/aromatic N) is 1. The Labute approximate surface area is 127 Å². The Morgan fingerprint density at radius 2 is 1.86 bits per heavy atom. The van der Waals surface area contributed by atoms with Crippen LogP contribution < -0.4 is 10.6 Å². The zero-order valence-electron chi connectivity index (χ0n) is 13.6. The molecule has 1 aliphatic heterocycles. The van der Waals surface area contributed by atoms with E-state index in [-0.39, 0.29) is 5.91 Å². The third kappa shape index (κ3) is 3.63. The lowest BCUT2D eigenvalue weighted by Gasteiger charge is -2.39. The van der Waals surface area contributed by atoms with Gasteiger partial charge in [-0.05, 0) is 31.4 Å². The Hall–Kier alpha value is -1.39. The number of piperazine rings is 1. The molecule has 4 heteroatoms. The van der Waals surface area contributed by atoms with Crippen molar-refractivity contribution in [1.29, 1.82) is 0 Å². The number of nitrogens with one attached hydrogen (secondary N) is 2. The van der Waals surface area contributed by atoms with Crippen LogP contribution in [0.1, 0.15) is 39.2 Å². The summed E-state index contributed by atoms with van der Waals surface area (Å²) in [5.74, 6) is 0.460. The minimum atomic E-state index is -0.494. The average molecular weight is 289 g/mol. The molecule has 0 bridgehead atoms. The molecule has 1 aliphatic rings. The summed E-state index contributed by atoms with van der Waals surface area (Å²) in [4.78, 5) is 15.0. The van der Waals surface area contributed by atoms with Gasteiger partial charge in [0.2, 0.25) is 5.91 Å². The molecule has 1 saturated heterocycles. The number of carbonyl (C=O) groups excluding carboxylic acids is 1. The highest BCUT2D eigenvalue weighted by molar-refractivity contribution is 5.98. The van der Waals surface area contributed by atoms with Crippen molar-refractivity contribution in [2.75, 3.05) is 31.5 Å². The Bertz CT molecular complexity index is 491. The van der Waals surface area contributed by atoms with Gasteiger partial charge in [-0.15, -0.1) is 0 Å². The van der Waals surface area contributed by atoms with Crippen LogP contribution >= 0.6 is 0 Å². The number of anilines is 1. The summed E-state index contributed by atoms with van der Waals surface area (Å²) in [6, 6.07) is 8.06. The van der Waals surface area contributed by atoms with E-state index >= 15 is 0 Å². The highest BCUT2D eigenvalue weighted by Gasteiger charge is 2.35. The summed E-state index contributed by atoms with van der Waals surface area (Å²) in [5.41, 5.74) is 1.62. The second kappa shape index (κ2) is 6.58. The van der Waals surface area contributed by atoms with E-state index in [1.807, 2.05) is 32.0 Å². The molecule has 1 fully saturated rings. The summed E-state index contributed by atoms with van der Waals surface area (Å²) in [6.07, 6.45) is 0. The van der Waals surface area contributed by atoms with Crippen molar-refractivity contribution < 1.29 is 4.79 Å². The lowest BCUT2D eigenvalue weighted by molar-refractivity contribution is -0.126. The van der Waals surface area contributed by atoms with Crippen LogP contribution in [0.4, 0.5) is 5.69 Å². The molecule has 2 rings (SSSR count). The molecular weight excluding hydrogens is 262 g/mol. The zero-order valence-corrected chi connectivity index (χ0v) is 13.6. The number of benzene rings is 1. The van der Waals surface area contributed by atoms with Crippen LogP contribution in [0, 0.1) is 0 Å². The largest absolute Gasteiger partial charge is 0.324 e. The predicted molar refractivity (Wildman–Crippen MR) is 87.7 cm³/mol. The van der Waals surface area contributed by atoms with E-state index < -0.39 is 5.54 Å². The molecule has 1 heterocycles. The van der Waals surface area contributed by atoms with Crippen LogP contribution in [0.3, 0.4) is 0 Å². The summed E-state index contributed by atoms with van der Waals surface area (Å²) in [6.45, 7) is 12.0. The van der Waals surface area contributed by atoms with Gasteiger partial charge in [0.1, 0.15) is 0 Å². The van der Waals surface area contributed by atoms with Crippen LogP contribution in [-0.4, -0.2) is 42.5 Å². The van der Waals surface area contributed by atoms with Crippen molar-refractivity contribution in [3.05, 3.63) is 29.8 Å². The van der Waals surface area contributed by atoms with Crippen LogP contribution in [0.15, 0.2) is 24.3 Å². The molecular formula is C17H27N3O. The standard InChI is InChI=1S/C17H27N3O/c1-13(2)14-7-5-6-8-15(14)19-16(21)17(3,4)20-11-9-18-10-12-20/h5-8,13,18H,9-12H2,1-4H3,(H,19,21). The first kappa shape index (κ1) is 16.0. The van der Waals surface area contributed by atoms with Gasteiger partial charge < -0.3 is 10.6 Å². The molecule has 1 aromatic rings. The second-order valence-electron chi connectivity index (χ2n) is 6.49. The minimum Gasteiger partial charge on any atom is -0.324 e. The number of hydrogen-bond donors (Lipinski definition) is 2. The van der Waals surface area contributed by atoms with Crippen molar-refractivity contribution in [3.8, 4) is 0 Å². The van der Waals surface area contributed by atoms with E-state index in [9.17, 15) is 4.79 Å². The number of rotatable bonds is 4. The fourth-order valence-corrected chi connectivity index (χ4v) is 2.76. The fraction of sp³-hybridized carbons (Fsp3) is 0.588. The summed E-state index contributed by atoms with van der Waals surface area (Å²) in [5, 5.41) is 6.45. The number of carbonyl (C=O) groups is 1. The predicted octanol–water partition coefficient (Wildman–Crippen LogP) is 2.43. The third-order valence-corrected chi connectivity index (χ3v) is 4.29. The van der Waals surface area contributed by atoms with E-state index in [0.717, 1.165) is 31.9 Å². The summed E-state index contributed by atoms with van der Waals surface area (Å²) >= 11 is 0. The molecule has 2 N–H and O–H groups in total. The van der Waals surface area contributed by atoms with Gasteiger partial charge in [0.25, 0.3) is 0 Å². The van der Waals surface area contributed by atoms with Crippen LogP contribution in [-0.2, 0) is 4.79 Å². The van der Waals surface area contributed by atoms with Gasteiger partial charge >= 0.3 is 0 Å². The second-order valence-corrected chi connectivity index (χ2v) is 6.49. The van der Waals surface area contributed by atoms with Gasteiger partial charge in [0.15, 0.2) is 0 Å². The average Bonchev–Trinajstić information content (AvgIpc) is 2.48.